The summed E-state index contributed by atoms with van der Waals surface area (Å²) in [6.07, 6.45) is 1.88. The molecule has 4 nitrogen and oxygen atoms in total. The van der Waals surface area contributed by atoms with Crippen molar-refractivity contribution in [1.82, 2.24) is 15.5 Å². The van der Waals surface area contributed by atoms with E-state index in [2.05, 4.69) is 35.4 Å². The van der Waals surface area contributed by atoms with E-state index in [4.69, 9.17) is 4.42 Å². The molecule has 0 radical (unpaired) electrons. The second kappa shape index (κ2) is 5.40. The standard InChI is InChI=1S/C14H21N3O/c1-9(2)6-15-7-12-8-16-17-14(12)13-5-10(3)18-11(13)4/h5,8-9,15H,6-7H2,1-4H3,(H,16,17). The zero-order chi connectivity index (χ0) is 13.1. The largest absolute Gasteiger partial charge is 0.466 e. The quantitative estimate of drug-likeness (QED) is 0.854. The summed E-state index contributed by atoms with van der Waals surface area (Å²) in [5.41, 5.74) is 3.34. The minimum atomic E-state index is 0.651. The molecule has 2 N–H and O–H groups in total. The van der Waals surface area contributed by atoms with E-state index in [1.807, 2.05) is 20.0 Å². The van der Waals surface area contributed by atoms with Crippen LogP contribution < -0.4 is 5.32 Å². The van der Waals surface area contributed by atoms with Crippen LogP contribution in [0.2, 0.25) is 0 Å². The Bertz CT molecular complexity index is 511. The highest BCUT2D eigenvalue weighted by atomic mass is 16.3. The van der Waals surface area contributed by atoms with Gasteiger partial charge in [0.2, 0.25) is 0 Å². The number of nitrogens with zero attached hydrogens (tertiary/aromatic N) is 1. The first kappa shape index (κ1) is 12.9. The Morgan fingerprint density at radius 3 is 2.78 bits per heavy atom. The van der Waals surface area contributed by atoms with Gasteiger partial charge in [0.15, 0.2) is 0 Å². The summed E-state index contributed by atoms with van der Waals surface area (Å²) in [6, 6.07) is 2.05. The molecule has 98 valence electrons. The molecule has 0 unspecified atom stereocenters. The van der Waals surface area contributed by atoms with Crippen LogP contribution in [-0.4, -0.2) is 16.7 Å². The van der Waals surface area contributed by atoms with Crippen LogP contribution in [0.15, 0.2) is 16.7 Å². The first-order chi connectivity index (χ1) is 8.58. The third kappa shape index (κ3) is 2.82. The number of aromatic amines is 1. The Hall–Kier alpha value is -1.55. The smallest absolute Gasteiger partial charge is 0.110 e. The lowest BCUT2D eigenvalue weighted by Crippen LogP contribution is -2.19. The van der Waals surface area contributed by atoms with Crippen LogP contribution in [0, 0.1) is 19.8 Å². The molecule has 0 fully saturated rings. The van der Waals surface area contributed by atoms with E-state index in [0.717, 1.165) is 35.9 Å². The summed E-state index contributed by atoms with van der Waals surface area (Å²) in [4.78, 5) is 0. The first-order valence-corrected chi connectivity index (χ1v) is 6.38. The normalized spacial score (nSPS) is 11.4. The molecule has 0 aliphatic rings. The van der Waals surface area contributed by atoms with Crippen molar-refractivity contribution in [1.29, 1.82) is 0 Å². The van der Waals surface area contributed by atoms with Gasteiger partial charge in [0.1, 0.15) is 11.5 Å². The molecule has 0 aliphatic carbocycles. The summed E-state index contributed by atoms with van der Waals surface area (Å²) in [6.45, 7) is 10.2. The van der Waals surface area contributed by atoms with Gasteiger partial charge in [-0.2, -0.15) is 5.10 Å². The lowest BCUT2D eigenvalue weighted by Gasteiger charge is -2.07. The van der Waals surface area contributed by atoms with E-state index in [-0.39, 0.29) is 0 Å². The van der Waals surface area contributed by atoms with E-state index in [0.29, 0.717) is 5.92 Å². The fraction of sp³-hybridized carbons (Fsp3) is 0.500. The van der Waals surface area contributed by atoms with Gasteiger partial charge in [0.25, 0.3) is 0 Å². The molecule has 0 bridgehead atoms. The maximum Gasteiger partial charge on any atom is 0.110 e. The molecule has 0 aliphatic heterocycles. The molecule has 0 atom stereocenters. The van der Waals surface area contributed by atoms with Gasteiger partial charge in [-0.1, -0.05) is 13.8 Å². The summed E-state index contributed by atoms with van der Waals surface area (Å²) in [5.74, 6) is 2.51. The predicted molar refractivity (Wildman–Crippen MR) is 72.3 cm³/mol. The zero-order valence-electron chi connectivity index (χ0n) is 11.5. The minimum Gasteiger partial charge on any atom is -0.466 e. The molecule has 0 saturated heterocycles. The van der Waals surface area contributed by atoms with Crippen LogP contribution in [0.1, 0.15) is 30.9 Å². The van der Waals surface area contributed by atoms with E-state index in [1.165, 1.54) is 5.56 Å². The van der Waals surface area contributed by atoms with Crippen molar-refractivity contribution in [3.8, 4) is 11.3 Å². The summed E-state index contributed by atoms with van der Waals surface area (Å²) in [7, 11) is 0. The van der Waals surface area contributed by atoms with Gasteiger partial charge in [-0.15, -0.1) is 0 Å². The molecule has 2 heterocycles. The van der Waals surface area contributed by atoms with Crippen molar-refractivity contribution < 1.29 is 4.42 Å². The van der Waals surface area contributed by atoms with E-state index >= 15 is 0 Å². The molecule has 2 aromatic rings. The van der Waals surface area contributed by atoms with E-state index in [1.54, 1.807) is 0 Å². The third-order valence-corrected chi connectivity index (χ3v) is 2.90. The van der Waals surface area contributed by atoms with Crippen LogP contribution in [0.3, 0.4) is 0 Å². The van der Waals surface area contributed by atoms with Gasteiger partial charge < -0.3 is 9.73 Å². The molecule has 0 amide bonds. The SMILES string of the molecule is Cc1cc(-c2[nH]ncc2CNCC(C)C)c(C)o1. The Labute approximate surface area is 108 Å². The van der Waals surface area contributed by atoms with Crippen molar-refractivity contribution in [2.24, 2.45) is 5.92 Å². The fourth-order valence-corrected chi connectivity index (χ4v) is 2.05. The van der Waals surface area contributed by atoms with Gasteiger partial charge in [-0.05, 0) is 32.4 Å². The molecular weight excluding hydrogens is 226 g/mol. The van der Waals surface area contributed by atoms with Crippen LogP contribution in [0.5, 0.6) is 0 Å². The van der Waals surface area contributed by atoms with Crippen molar-refractivity contribution in [3.63, 3.8) is 0 Å². The average molecular weight is 247 g/mol. The molecule has 18 heavy (non-hydrogen) atoms. The van der Waals surface area contributed by atoms with Crippen molar-refractivity contribution in [2.45, 2.75) is 34.2 Å². The van der Waals surface area contributed by atoms with Crippen molar-refractivity contribution in [3.05, 3.63) is 29.3 Å². The number of rotatable bonds is 5. The predicted octanol–water partition coefficient (Wildman–Crippen LogP) is 3.03. The van der Waals surface area contributed by atoms with Gasteiger partial charge in [-0.3, -0.25) is 5.10 Å². The summed E-state index contributed by atoms with van der Waals surface area (Å²) < 4.78 is 5.57. The van der Waals surface area contributed by atoms with Gasteiger partial charge in [0, 0.05) is 17.7 Å². The van der Waals surface area contributed by atoms with Crippen LogP contribution >= 0.6 is 0 Å². The van der Waals surface area contributed by atoms with Crippen LogP contribution in [0.4, 0.5) is 0 Å². The summed E-state index contributed by atoms with van der Waals surface area (Å²) >= 11 is 0. The maximum absolute atomic E-state index is 5.57. The first-order valence-electron chi connectivity index (χ1n) is 6.38. The molecule has 4 heteroatoms. The number of nitrogens with one attached hydrogen (secondary N) is 2. The average Bonchev–Trinajstić information content (AvgIpc) is 2.84. The molecule has 2 rings (SSSR count). The number of H-pyrrole nitrogens is 1. The number of furan rings is 1. The molecule has 0 spiro atoms. The van der Waals surface area contributed by atoms with Gasteiger partial charge >= 0.3 is 0 Å². The monoisotopic (exact) mass is 247 g/mol. The number of hydrogen-bond donors (Lipinski definition) is 2. The van der Waals surface area contributed by atoms with Crippen molar-refractivity contribution in [2.75, 3.05) is 6.54 Å². The molecular formula is C14H21N3O. The highest BCUT2D eigenvalue weighted by Gasteiger charge is 2.13. The Kier molecular flexibility index (Phi) is 3.87. The van der Waals surface area contributed by atoms with E-state index in [9.17, 15) is 0 Å². The summed E-state index contributed by atoms with van der Waals surface area (Å²) in [5, 5.41) is 10.6. The van der Waals surface area contributed by atoms with Gasteiger partial charge in [0.05, 0.1) is 11.9 Å². The number of aromatic nitrogens is 2. The molecule has 0 aromatic carbocycles. The highest BCUT2D eigenvalue weighted by Crippen LogP contribution is 2.27. The maximum atomic E-state index is 5.57. The lowest BCUT2D eigenvalue weighted by atomic mass is 10.1. The molecule has 2 aromatic heterocycles. The van der Waals surface area contributed by atoms with E-state index < -0.39 is 0 Å². The lowest BCUT2D eigenvalue weighted by molar-refractivity contribution is 0.505. The topological polar surface area (TPSA) is 53.9 Å². The minimum absolute atomic E-state index is 0.651. The molecule has 0 saturated carbocycles. The zero-order valence-corrected chi connectivity index (χ0v) is 11.5. The van der Waals surface area contributed by atoms with Crippen molar-refractivity contribution >= 4 is 0 Å². The number of aryl methyl sites for hydroxylation is 2. The second-order valence-corrected chi connectivity index (χ2v) is 5.12. The third-order valence-electron chi connectivity index (χ3n) is 2.90. The Morgan fingerprint density at radius 1 is 1.39 bits per heavy atom. The second-order valence-electron chi connectivity index (χ2n) is 5.12. The number of hydrogen-bond acceptors (Lipinski definition) is 3. The highest BCUT2D eigenvalue weighted by molar-refractivity contribution is 5.65. The van der Waals surface area contributed by atoms with Crippen LogP contribution in [-0.2, 0) is 6.54 Å². The Balaban J connectivity index is 2.15. The fourth-order valence-electron chi connectivity index (χ4n) is 2.05. The van der Waals surface area contributed by atoms with Gasteiger partial charge in [-0.25, -0.2) is 0 Å². The van der Waals surface area contributed by atoms with Crippen LogP contribution in [0.25, 0.3) is 11.3 Å². The Morgan fingerprint density at radius 2 is 2.17 bits per heavy atom.